The van der Waals surface area contributed by atoms with Crippen LogP contribution in [0.5, 0.6) is 11.6 Å². The van der Waals surface area contributed by atoms with Crippen LogP contribution in [0.25, 0.3) is 0 Å². The Bertz CT molecular complexity index is 819. The third kappa shape index (κ3) is 7.41. The van der Waals surface area contributed by atoms with Crippen LogP contribution in [0.2, 0.25) is 5.02 Å². The van der Waals surface area contributed by atoms with Crippen LogP contribution in [0.3, 0.4) is 0 Å². The fraction of sp³-hybridized carbons (Fsp3) is 0.235. The topological polar surface area (TPSA) is 123 Å². The van der Waals surface area contributed by atoms with Gasteiger partial charge in [-0.25, -0.2) is 14.6 Å². The number of aryl methyl sites for hydroxylation is 1. The minimum absolute atomic E-state index is 0.0795. The Morgan fingerprint density at radius 2 is 1.82 bits per heavy atom. The lowest BCUT2D eigenvalue weighted by Crippen LogP contribution is -2.09. The molecule has 7 nitrogen and oxygen atoms in total. The number of aliphatic carboxylic acids is 2. The average Bonchev–Trinajstić information content (AvgIpc) is 2.62. The van der Waals surface area contributed by atoms with Crippen molar-refractivity contribution in [3.05, 3.63) is 52.7 Å². The first-order valence-corrected chi connectivity index (χ1v) is 8.08. The fourth-order valence-electron chi connectivity index (χ4n) is 1.86. The molecular formula is C17H16ClF3N2O5. The summed E-state index contributed by atoms with van der Waals surface area (Å²) in [5, 5.41) is 14.9. The van der Waals surface area contributed by atoms with E-state index >= 15 is 0 Å². The zero-order valence-electron chi connectivity index (χ0n) is 14.2. The average molecular weight is 421 g/mol. The van der Waals surface area contributed by atoms with Gasteiger partial charge in [0.05, 0.1) is 10.6 Å². The van der Waals surface area contributed by atoms with Gasteiger partial charge in [0, 0.05) is 11.8 Å². The number of nitrogens with zero attached hydrogens (tertiary/aromatic N) is 1. The van der Waals surface area contributed by atoms with Crippen LogP contribution >= 0.6 is 11.6 Å². The highest BCUT2D eigenvalue weighted by atomic mass is 35.5. The lowest BCUT2D eigenvalue weighted by molar-refractivity contribution is -0.159. The molecule has 0 saturated heterocycles. The minimum Gasteiger partial charge on any atom is -0.473 e. The molecule has 0 atom stereocenters. The van der Waals surface area contributed by atoms with Gasteiger partial charge in [-0.1, -0.05) is 17.7 Å². The van der Waals surface area contributed by atoms with Gasteiger partial charge in [0.2, 0.25) is 5.88 Å². The van der Waals surface area contributed by atoms with Crippen molar-refractivity contribution >= 4 is 23.5 Å². The molecule has 0 aliphatic heterocycles. The second-order valence-electron chi connectivity index (χ2n) is 5.22. The third-order valence-electron chi connectivity index (χ3n) is 3.15. The Morgan fingerprint density at radius 1 is 1.18 bits per heavy atom. The molecule has 0 aliphatic carbocycles. The number of nitrogens with two attached hydrogens (primary N) is 1. The number of aromatic nitrogens is 1. The number of benzene rings is 1. The van der Waals surface area contributed by atoms with Crippen molar-refractivity contribution in [1.82, 2.24) is 4.98 Å². The maximum absolute atomic E-state index is 12.8. The molecule has 11 heteroatoms. The molecule has 0 amide bonds. The number of ether oxygens (including phenoxy) is 1. The van der Waals surface area contributed by atoms with Crippen molar-refractivity contribution in [2.24, 2.45) is 5.73 Å². The van der Waals surface area contributed by atoms with Gasteiger partial charge < -0.3 is 20.7 Å². The van der Waals surface area contributed by atoms with Crippen molar-refractivity contribution in [2.75, 3.05) is 6.54 Å². The van der Waals surface area contributed by atoms with Gasteiger partial charge in [-0.3, -0.25) is 0 Å². The van der Waals surface area contributed by atoms with E-state index in [9.17, 15) is 13.2 Å². The smallest absolute Gasteiger partial charge is 0.416 e. The molecule has 0 aliphatic rings. The van der Waals surface area contributed by atoms with Crippen LogP contribution < -0.4 is 10.5 Å². The lowest BCUT2D eigenvalue weighted by Gasteiger charge is -2.13. The van der Waals surface area contributed by atoms with Gasteiger partial charge in [0.1, 0.15) is 5.75 Å². The number of halogens is 4. The number of hydrogen-bond acceptors (Lipinski definition) is 5. The van der Waals surface area contributed by atoms with Gasteiger partial charge in [-0.05, 0) is 43.7 Å². The summed E-state index contributed by atoms with van der Waals surface area (Å²) in [6.07, 6.45) is -1.62. The van der Waals surface area contributed by atoms with Crippen LogP contribution in [-0.4, -0.2) is 33.7 Å². The van der Waals surface area contributed by atoms with E-state index in [1.165, 1.54) is 6.20 Å². The predicted octanol–water partition coefficient (Wildman–Crippen LogP) is 3.59. The van der Waals surface area contributed by atoms with Crippen LogP contribution in [0.15, 0.2) is 36.5 Å². The van der Waals surface area contributed by atoms with Gasteiger partial charge in [0.15, 0.2) is 0 Å². The molecule has 0 saturated carbocycles. The quantitative estimate of drug-likeness (QED) is 0.631. The zero-order chi connectivity index (χ0) is 21.3. The first-order valence-electron chi connectivity index (χ1n) is 7.71. The summed E-state index contributed by atoms with van der Waals surface area (Å²) in [6, 6.07) is 6.45. The molecule has 28 heavy (non-hydrogen) atoms. The second-order valence-corrected chi connectivity index (χ2v) is 5.62. The molecular weight excluding hydrogens is 405 g/mol. The molecule has 2 rings (SSSR count). The van der Waals surface area contributed by atoms with E-state index in [1.54, 1.807) is 12.1 Å². The summed E-state index contributed by atoms with van der Waals surface area (Å²) in [6.45, 7) is 0.499. The van der Waals surface area contributed by atoms with Crippen molar-refractivity contribution in [3.8, 4) is 11.6 Å². The summed E-state index contributed by atoms with van der Waals surface area (Å²) >= 11 is 5.91. The number of hydrogen-bond donors (Lipinski definition) is 3. The Kier molecular flexibility index (Phi) is 8.68. The Labute approximate surface area is 162 Å². The van der Waals surface area contributed by atoms with E-state index in [4.69, 9.17) is 41.9 Å². The minimum atomic E-state index is -4.46. The zero-order valence-corrected chi connectivity index (χ0v) is 15.0. The van der Waals surface area contributed by atoms with Gasteiger partial charge in [0.25, 0.3) is 0 Å². The number of pyridine rings is 1. The molecule has 0 spiro atoms. The van der Waals surface area contributed by atoms with Gasteiger partial charge in [-0.2, -0.15) is 13.2 Å². The summed E-state index contributed by atoms with van der Waals surface area (Å²) in [7, 11) is 0. The van der Waals surface area contributed by atoms with Crippen LogP contribution in [0.4, 0.5) is 13.2 Å². The lowest BCUT2D eigenvalue weighted by atomic mass is 10.1. The molecule has 1 aromatic heterocycles. The fourth-order valence-corrected chi connectivity index (χ4v) is 2.02. The first kappa shape index (κ1) is 23.2. The third-order valence-corrected chi connectivity index (χ3v) is 3.46. The summed E-state index contributed by atoms with van der Waals surface area (Å²) in [5.74, 6) is -3.49. The number of carboxylic acids is 2. The maximum Gasteiger partial charge on any atom is 0.416 e. The van der Waals surface area contributed by atoms with E-state index < -0.39 is 23.7 Å². The molecule has 0 radical (unpaired) electrons. The molecule has 2 aromatic rings. The second kappa shape index (κ2) is 10.5. The number of rotatable bonds is 5. The normalized spacial score (nSPS) is 10.6. The van der Waals surface area contributed by atoms with Gasteiger partial charge >= 0.3 is 18.1 Å². The molecule has 0 bridgehead atoms. The largest absolute Gasteiger partial charge is 0.473 e. The Balaban J connectivity index is 0.000000568. The van der Waals surface area contributed by atoms with Crippen molar-refractivity contribution in [1.29, 1.82) is 0 Å². The number of alkyl halides is 3. The van der Waals surface area contributed by atoms with Crippen molar-refractivity contribution in [3.63, 3.8) is 0 Å². The molecule has 152 valence electrons. The monoisotopic (exact) mass is 420 g/mol. The number of carbonyl (C=O) groups is 2. The van der Waals surface area contributed by atoms with Gasteiger partial charge in [-0.15, -0.1) is 0 Å². The highest BCUT2D eigenvalue weighted by Gasteiger charge is 2.31. The van der Waals surface area contributed by atoms with Crippen LogP contribution in [-0.2, 0) is 22.2 Å². The van der Waals surface area contributed by atoms with E-state index in [-0.39, 0.29) is 16.7 Å². The highest BCUT2D eigenvalue weighted by Crippen LogP contribution is 2.37. The SMILES string of the molecule is NCCCc1cccnc1Oc1cc(C(F)(F)F)ccc1Cl.O=C(O)C(=O)O. The Hall–Kier alpha value is -2.85. The van der Waals surface area contributed by atoms with E-state index in [0.29, 0.717) is 13.0 Å². The number of carboxylic acid groups (broad SMARTS) is 2. The first-order chi connectivity index (χ1) is 13.1. The summed E-state index contributed by atoms with van der Waals surface area (Å²) < 4.78 is 43.8. The summed E-state index contributed by atoms with van der Waals surface area (Å²) in [4.78, 5) is 22.3. The maximum atomic E-state index is 12.8. The van der Waals surface area contributed by atoms with Crippen LogP contribution in [0, 0.1) is 0 Å². The molecule has 4 N–H and O–H groups in total. The predicted molar refractivity (Wildman–Crippen MR) is 93.4 cm³/mol. The molecule has 1 aromatic carbocycles. The molecule has 0 unspecified atom stereocenters. The standard InChI is InChI=1S/C15H14ClF3N2O.C2H2O4/c16-12-6-5-11(15(17,18)19)9-13(12)22-14-10(3-1-7-20)4-2-8-21-14;3-1(4)2(5)6/h2,4-6,8-9H,1,3,7,20H2;(H,3,4)(H,5,6). The van der Waals surface area contributed by atoms with E-state index in [2.05, 4.69) is 4.98 Å². The Morgan fingerprint density at radius 3 is 2.36 bits per heavy atom. The molecule has 1 heterocycles. The van der Waals surface area contributed by atoms with Crippen LogP contribution in [0.1, 0.15) is 17.5 Å². The van der Waals surface area contributed by atoms with Crippen molar-refractivity contribution in [2.45, 2.75) is 19.0 Å². The van der Waals surface area contributed by atoms with E-state index in [0.717, 1.165) is 30.2 Å². The highest BCUT2D eigenvalue weighted by molar-refractivity contribution is 6.32. The summed E-state index contributed by atoms with van der Waals surface area (Å²) in [5.41, 5.74) is 5.40. The van der Waals surface area contributed by atoms with Crippen molar-refractivity contribution < 1.29 is 37.7 Å². The molecule has 0 fully saturated rings. The van der Waals surface area contributed by atoms with E-state index in [1.807, 2.05) is 0 Å².